The number of amides is 1. The van der Waals surface area contributed by atoms with Crippen LogP contribution in [0.3, 0.4) is 0 Å². The largest absolute Gasteiger partial charge is 0.493 e. The minimum atomic E-state index is -0.367. The van der Waals surface area contributed by atoms with Gasteiger partial charge in [-0.1, -0.05) is 36.8 Å². The summed E-state index contributed by atoms with van der Waals surface area (Å²) in [6, 6.07) is 16.9. The quantitative estimate of drug-likeness (QED) is 0.210. The summed E-state index contributed by atoms with van der Waals surface area (Å²) in [5, 5.41) is 4.11. The van der Waals surface area contributed by atoms with Crippen LogP contribution in [0.25, 0.3) is 0 Å². The van der Waals surface area contributed by atoms with Crippen LogP contribution >= 0.6 is 15.9 Å². The molecule has 36 heavy (non-hydrogen) atoms. The number of hydrogen-bond donors (Lipinski definition) is 1. The molecule has 0 unspecified atom stereocenters. The molecule has 0 aliphatic heterocycles. The maximum absolute atomic E-state index is 12.6. The molecular weight excluding hydrogens is 524 g/mol. The number of rotatable bonds is 12. The summed E-state index contributed by atoms with van der Waals surface area (Å²) in [5.74, 6) is 1.91. The van der Waals surface area contributed by atoms with E-state index < -0.39 is 0 Å². The van der Waals surface area contributed by atoms with Crippen molar-refractivity contribution < 1.29 is 23.7 Å². The Morgan fingerprint density at radius 1 is 0.972 bits per heavy atom. The first-order valence-electron chi connectivity index (χ1n) is 11.7. The van der Waals surface area contributed by atoms with E-state index in [1.54, 1.807) is 24.4 Å². The van der Waals surface area contributed by atoms with Gasteiger partial charge in [0.2, 0.25) is 0 Å². The number of aryl methyl sites for hydroxylation is 1. The Bertz CT molecular complexity index is 1200. The summed E-state index contributed by atoms with van der Waals surface area (Å²) in [7, 11) is 1.54. The highest BCUT2D eigenvalue weighted by Gasteiger charge is 2.13. The van der Waals surface area contributed by atoms with Crippen LogP contribution < -0.4 is 24.4 Å². The minimum Gasteiger partial charge on any atom is -0.493 e. The molecule has 0 aliphatic carbocycles. The van der Waals surface area contributed by atoms with Gasteiger partial charge >= 0.3 is 0 Å². The number of carbonyl (C=O) groups is 1. The van der Waals surface area contributed by atoms with Crippen molar-refractivity contribution in [3.8, 4) is 23.0 Å². The Hall–Kier alpha value is -3.52. The Morgan fingerprint density at radius 2 is 1.75 bits per heavy atom. The zero-order chi connectivity index (χ0) is 25.9. The molecule has 3 rings (SSSR count). The first-order chi connectivity index (χ1) is 17.4. The molecule has 0 bridgehead atoms. The number of hydrazone groups is 1. The summed E-state index contributed by atoms with van der Waals surface area (Å²) < 4.78 is 23.6. The SMILES string of the molecule is CCCOc1ccc(C(=O)N/N=C/c2cc(Br)c(OCc3ccc(C)cc3)c(OCC)c2)cc1OC. The van der Waals surface area contributed by atoms with Crippen LogP contribution in [-0.4, -0.2) is 32.4 Å². The lowest BCUT2D eigenvalue weighted by Crippen LogP contribution is -2.17. The Labute approximate surface area is 220 Å². The predicted molar refractivity (Wildman–Crippen MR) is 145 cm³/mol. The van der Waals surface area contributed by atoms with E-state index in [4.69, 9.17) is 18.9 Å². The zero-order valence-electron chi connectivity index (χ0n) is 21.0. The molecule has 0 saturated heterocycles. The van der Waals surface area contributed by atoms with Gasteiger partial charge in [0.15, 0.2) is 23.0 Å². The van der Waals surface area contributed by atoms with Crippen molar-refractivity contribution in [1.82, 2.24) is 5.43 Å². The molecule has 190 valence electrons. The van der Waals surface area contributed by atoms with Gasteiger partial charge in [-0.15, -0.1) is 0 Å². The Morgan fingerprint density at radius 3 is 2.44 bits per heavy atom. The molecule has 3 aromatic rings. The highest BCUT2D eigenvalue weighted by atomic mass is 79.9. The second-order valence-electron chi connectivity index (χ2n) is 7.95. The Balaban J connectivity index is 1.69. The average molecular weight is 555 g/mol. The van der Waals surface area contributed by atoms with Crippen molar-refractivity contribution in [3.63, 3.8) is 0 Å². The molecule has 3 aromatic carbocycles. The third kappa shape index (κ3) is 7.49. The third-order valence-electron chi connectivity index (χ3n) is 5.10. The zero-order valence-corrected chi connectivity index (χ0v) is 22.6. The van der Waals surface area contributed by atoms with Crippen molar-refractivity contribution in [1.29, 1.82) is 0 Å². The number of nitrogens with one attached hydrogen (secondary N) is 1. The van der Waals surface area contributed by atoms with Crippen LogP contribution in [0.1, 0.15) is 47.3 Å². The molecule has 0 aromatic heterocycles. The topological polar surface area (TPSA) is 78.4 Å². The van der Waals surface area contributed by atoms with Crippen LogP contribution in [0.4, 0.5) is 0 Å². The Kier molecular flexibility index (Phi) is 10.2. The van der Waals surface area contributed by atoms with E-state index in [1.807, 2.05) is 45.0 Å². The molecular formula is C28H31BrN2O5. The molecule has 7 nitrogen and oxygen atoms in total. The maximum Gasteiger partial charge on any atom is 0.271 e. The van der Waals surface area contributed by atoms with E-state index in [-0.39, 0.29) is 5.91 Å². The van der Waals surface area contributed by atoms with Crippen molar-refractivity contribution in [2.75, 3.05) is 20.3 Å². The van der Waals surface area contributed by atoms with Gasteiger partial charge in [-0.2, -0.15) is 5.10 Å². The second kappa shape index (κ2) is 13.5. The first kappa shape index (κ1) is 27.1. The van der Waals surface area contributed by atoms with Crippen LogP contribution in [0.15, 0.2) is 64.2 Å². The van der Waals surface area contributed by atoms with Crippen molar-refractivity contribution >= 4 is 28.1 Å². The van der Waals surface area contributed by atoms with Gasteiger partial charge in [-0.05, 0) is 77.7 Å². The van der Waals surface area contributed by atoms with E-state index >= 15 is 0 Å². The molecule has 8 heteroatoms. The van der Waals surface area contributed by atoms with E-state index in [1.165, 1.54) is 12.7 Å². The molecule has 0 radical (unpaired) electrons. The van der Waals surface area contributed by atoms with E-state index in [0.29, 0.717) is 48.4 Å². The molecule has 0 aliphatic rings. The summed E-state index contributed by atoms with van der Waals surface area (Å²) in [4.78, 5) is 12.6. The molecule has 1 amide bonds. The van der Waals surface area contributed by atoms with Crippen molar-refractivity contribution in [2.45, 2.75) is 33.8 Å². The van der Waals surface area contributed by atoms with Crippen molar-refractivity contribution in [3.05, 3.63) is 81.3 Å². The fourth-order valence-corrected chi connectivity index (χ4v) is 3.85. The van der Waals surface area contributed by atoms with Crippen molar-refractivity contribution in [2.24, 2.45) is 5.10 Å². The molecule has 0 fully saturated rings. The summed E-state index contributed by atoms with van der Waals surface area (Å²) >= 11 is 3.57. The first-order valence-corrected chi connectivity index (χ1v) is 12.5. The lowest BCUT2D eigenvalue weighted by atomic mass is 10.1. The van der Waals surface area contributed by atoms with E-state index in [9.17, 15) is 4.79 Å². The summed E-state index contributed by atoms with van der Waals surface area (Å²) in [6.45, 7) is 7.44. The van der Waals surface area contributed by atoms with E-state index in [0.717, 1.165) is 22.0 Å². The van der Waals surface area contributed by atoms with Gasteiger partial charge in [0.25, 0.3) is 5.91 Å². The number of hydrogen-bond acceptors (Lipinski definition) is 6. The van der Waals surface area contributed by atoms with Crippen LogP contribution in [0, 0.1) is 6.92 Å². The molecule has 0 atom stereocenters. The lowest BCUT2D eigenvalue weighted by molar-refractivity contribution is 0.0954. The highest BCUT2D eigenvalue weighted by molar-refractivity contribution is 9.10. The fourth-order valence-electron chi connectivity index (χ4n) is 3.28. The van der Waals surface area contributed by atoms with Gasteiger partial charge in [-0.3, -0.25) is 4.79 Å². The number of halogens is 1. The van der Waals surface area contributed by atoms with Gasteiger partial charge in [0.1, 0.15) is 6.61 Å². The summed E-state index contributed by atoms with van der Waals surface area (Å²) in [5.41, 5.74) is 5.94. The van der Waals surface area contributed by atoms with Crippen LogP contribution in [-0.2, 0) is 6.61 Å². The highest BCUT2D eigenvalue weighted by Crippen LogP contribution is 2.37. The standard InChI is InChI=1S/C28H31BrN2O5/c1-5-13-35-24-12-11-22(16-25(24)33-4)28(32)31-30-17-21-14-23(29)27(26(15-21)34-6-2)36-18-20-9-7-19(3)8-10-20/h7-12,14-17H,5-6,13,18H2,1-4H3,(H,31,32)/b30-17+. The third-order valence-corrected chi connectivity index (χ3v) is 5.69. The monoisotopic (exact) mass is 554 g/mol. The number of carbonyl (C=O) groups excluding carboxylic acids is 1. The lowest BCUT2D eigenvalue weighted by Gasteiger charge is -2.15. The molecule has 0 spiro atoms. The normalized spacial score (nSPS) is 10.8. The maximum atomic E-state index is 12.6. The average Bonchev–Trinajstić information content (AvgIpc) is 2.88. The minimum absolute atomic E-state index is 0.367. The fraction of sp³-hybridized carbons (Fsp3) is 0.286. The second-order valence-corrected chi connectivity index (χ2v) is 8.80. The van der Waals surface area contributed by atoms with Gasteiger partial charge in [0, 0.05) is 5.56 Å². The molecule has 0 saturated carbocycles. The van der Waals surface area contributed by atoms with Gasteiger partial charge < -0.3 is 18.9 Å². The van der Waals surface area contributed by atoms with Gasteiger partial charge in [0.05, 0.1) is 31.0 Å². The number of nitrogens with zero attached hydrogens (tertiary/aromatic N) is 1. The smallest absolute Gasteiger partial charge is 0.271 e. The van der Waals surface area contributed by atoms with E-state index in [2.05, 4.69) is 38.6 Å². The van der Waals surface area contributed by atoms with Crippen LogP contribution in [0.2, 0.25) is 0 Å². The number of ether oxygens (including phenoxy) is 4. The number of methoxy groups -OCH3 is 1. The number of benzene rings is 3. The van der Waals surface area contributed by atoms with Gasteiger partial charge in [-0.25, -0.2) is 5.43 Å². The molecule has 1 N–H and O–H groups in total. The van der Waals surface area contributed by atoms with Crippen LogP contribution in [0.5, 0.6) is 23.0 Å². The summed E-state index contributed by atoms with van der Waals surface area (Å²) in [6.07, 6.45) is 2.42. The molecule has 0 heterocycles. The predicted octanol–water partition coefficient (Wildman–Crippen LogP) is 6.30.